The van der Waals surface area contributed by atoms with Crippen molar-refractivity contribution in [2.45, 2.75) is 51.3 Å². The number of carboxylic acid groups (broad SMARTS) is 1. The van der Waals surface area contributed by atoms with Crippen LogP contribution in [-0.4, -0.2) is 57.7 Å². The van der Waals surface area contributed by atoms with E-state index in [1.165, 1.54) is 11.9 Å². The summed E-state index contributed by atoms with van der Waals surface area (Å²) in [7, 11) is 1.48. The minimum Gasteiger partial charge on any atom is -0.480 e. The summed E-state index contributed by atoms with van der Waals surface area (Å²) in [5.74, 6) is -1.72. The largest absolute Gasteiger partial charge is 0.480 e. The fourth-order valence-corrected chi connectivity index (χ4v) is 3.69. The van der Waals surface area contributed by atoms with E-state index >= 15 is 0 Å². The van der Waals surface area contributed by atoms with E-state index in [-0.39, 0.29) is 12.8 Å². The Morgan fingerprint density at radius 2 is 1.68 bits per heavy atom. The number of aliphatic carboxylic acids is 1. The van der Waals surface area contributed by atoms with Crippen molar-refractivity contribution in [3.05, 3.63) is 71.9 Å². The molecule has 0 aliphatic carbocycles. The molecular weight excluding hydrogens is 434 g/mol. The molecule has 3 N–H and O–H groups in total. The fourth-order valence-electron chi connectivity index (χ4n) is 3.69. The van der Waals surface area contributed by atoms with Crippen molar-refractivity contribution >= 4 is 28.9 Å². The number of rotatable bonds is 8. The van der Waals surface area contributed by atoms with Crippen LogP contribution in [0.4, 0.5) is 4.79 Å². The summed E-state index contributed by atoms with van der Waals surface area (Å²) < 4.78 is 5.44. The predicted molar refractivity (Wildman–Crippen MR) is 130 cm³/mol. The van der Waals surface area contributed by atoms with Crippen LogP contribution in [0.5, 0.6) is 0 Å². The Bertz CT molecular complexity index is 1150. The number of hydrogen-bond acceptors (Lipinski definition) is 4. The number of carboxylic acids is 1. The molecule has 0 spiro atoms. The van der Waals surface area contributed by atoms with Crippen molar-refractivity contribution in [3.63, 3.8) is 0 Å². The van der Waals surface area contributed by atoms with Crippen LogP contribution in [0.3, 0.4) is 0 Å². The topological polar surface area (TPSA) is 112 Å². The van der Waals surface area contributed by atoms with Crippen molar-refractivity contribution in [1.82, 2.24) is 15.2 Å². The average Bonchev–Trinajstić information content (AvgIpc) is 3.19. The van der Waals surface area contributed by atoms with Gasteiger partial charge in [0.05, 0.1) is 0 Å². The lowest BCUT2D eigenvalue weighted by atomic mass is 10.0. The van der Waals surface area contributed by atoms with Gasteiger partial charge >= 0.3 is 12.1 Å². The van der Waals surface area contributed by atoms with Crippen molar-refractivity contribution in [2.24, 2.45) is 0 Å². The van der Waals surface area contributed by atoms with Gasteiger partial charge in [0.1, 0.15) is 17.7 Å². The second kappa shape index (κ2) is 10.4. The molecule has 1 aromatic heterocycles. The zero-order chi connectivity index (χ0) is 24.9. The fraction of sp³-hybridized carbons (Fsp3) is 0.346. The van der Waals surface area contributed by atoms with E-state index in [9.17, 15) is 19.5 Å². The van der Waals surface area contributed by atoms with Gasteiger partial charge in [0, 0.05) is 37.0 Å². The number of nitrogens with one attached hydrogen (secondary N) is 2. The van der Waals surface area contributed by atoms with E-state index in [2.05, 4.69) is 10.3 Å². The van der Waals surface area contributed by atoms with Crippen molar-refractivity contribution < 1.29 is 24.2 Å². The summed E-state index contributed by atoms with van der Waals surface area (Å²) in [5.41, 5.74) is 1.77. The lowest BCUT2D eigenvalue weighted by molar-refractivity contribution is -0.142. The van der Waals surface area contributed by atoms with Gasteiger partial charge in [-0.2, -0.15) is 0 Å². The highest BCUT2D eigenvalue weighted by Crippen LogP contribution is 2.20. The molecule has 0 aliphatic heterocycles. The maximum atomic E-state index is 13.3. The van der Waals surface area contributed by atoms with Crippen LogP contribution in [0.2, 0.25) is 0 Å². The minimum absolute atomic E-state index is 0.0965. The summed E-state index contributed by atoms with van der Waals surface area (Å²) in [6.45, 7) is 5.23. The normalized spacial score (nSPS) is 13.2. The number of hydrogen-bond donors (Lipinski definition) is 3. The zero-order valence-corrected chi connectivity index (χ0v) is 19.9. The van der Waals surface area contributed by atoms with Crippen LogP contribution in [0.25, 0.3) is 10.9 Å². The summed E-state index contributed by atoms with van der Waals surface area (Å²) in [4.78, 5) is 42.4. The van der Waals surface area contributed by atoms with Crippen LogP contribution in [0.1, 0.15) is 31.9 Å². The molecule has 1 heterocycles. The van der Waals surface area contributed by atoms with Gasteiger partial charge in [0.2, 0.25) is 5.91 Å². The molecule has 0 aliphatic rings. The predicted octanol–water partition coefficient (Wildman–Crippen LogP) is 3.76. The van der Waals surface area contributed by atoms with Gasteiger partial charge in [-0.1, -0.05) is 48.5 Å². The monoisotopic (exact) mass is 465 g/mol. The highest BCUT2D eigenvalue weighted by atomic mass is 16.6. The molecule has 3 rings (SSSR count). The second-order valence-corrected chi connectivity index (χ2v) is 9.26. The Hall–Kier alpha value is -3.81. The molecule has 8 heteroatoms. The Morgan fingerprint density at radius 3 is 2.32 bits per heavy atom. The number of H-pyrrole nitrogens is 1. The molecule has 0 saturated carbocycles. The van der Waals surface area contributed by atoms with E-state index in [0.29, 0.717) is 0 Å². The highest BCUT2D eigenvalue weighted by Gasteiger charge is 2.33. The summed E-state index contributed by atoms with van der Waals surface area (Å²) in [5, 5.41) is 13.4. The third kappa shape index (κ3) is 6.37. The van der Waals surface area contributed by atoms with E-state index in [1.54, 1.807) is 27.0 Å². The Balaban J connectivity index is 1.82. The van der Waals surface area contributed by atoms with Crippen molar-refractivity contribution in [2.75, 3.05) is 7.05 Å². The first-order valence-electron chi connectivity index (χ1n) is 11.1. The van der Waals surface area contributed by atoms with Gasteiger partial charge in [-0.15, -0.1) is 0 Å². The van der Waals surface area contributed by atoms with Gasteiger partial charge in [-0.25, -0.2) is 9.59 Å². The first-order chi connectivity index (χ1) is 16.0. The summed E-state index contributed by atoms with van der Waals surface area (Å²) in [6.07, 6.45) is 1.40. The van der Waals surface area contributed by atoms with E-state index in [4.69, 9.17) is 4.74 Å². The lowest BCUT2D eigenvalue weighted by Crippen LogP contribution is -2.54. The van der Waals surface area contributed by atoms with Crippen molar-refractivity contribution in [3.8, 4) is 0 Å². The number of aromatic nitrogens is 1. The van der Waals surface area contributed by atoms with Gasteiger partial charge in [-0.3, -0.25) is 9.69 Å². The number of nitrogens with zero attached hydrogens (tertiary/aromatic N) is 1. The highest BCUT2D eigenvalue weighted by molar-refractivity contribution is 5.90. The number of carbonyl (C=O) groups excluding carboxylic acids is 2. The number of ether oxygens (including phenoxy) is 1. The molecule has 0 fully saturated rings. The molecule has 180 valence electrons. The second-order valence-electron chi connectivity index (χ2n) is 9.26. The lowest BCUT2D eigenvalue weighted by Gasteiger charge is -2.31. The maximum absolute atomic E-state index is 13.3. The third-order valence-electron chi connectivity index (χ3n) is 5.44. The Kier molecular flexibility index (Phi) is 7.61. The summed E-state index contributed by atoms with van der Waals surface area (Å²) >= 11 is 0. The molecule has 3 aromatic rings. The molecule has 0 saturated heterocycles. The van der Waals surface area contributed by atoms with Crippen LogP contribution in [-0.2, 0) is 27.2 Å². The number of likely N-dealkylation sites (N-methyl/N-ethyl adjacent to an activating group) is 1. The van der Waals surface area contributed by atoms with Crippen LogP contribution >= 0.6 is 0 Å². The number of para-hydroxylation sites is 1. The molecular formula is C26H31N3O5. The van der Waals surface area contributed by atoms with Crippen LogP contribution < -0.4 is 5.32 Å². The molecule has 0 unspecified atom stereocenters. The van der Waals surface area contributed by atoms with Gasteiger partial charge in [0.15, 0.2) is 0 Å². The number of amides is 2. The molecule has 2 atom stereocenters. The smallest absolute Gasteiger partial charge is 0.410 e. The third-order valence-corrected chi connectivity index (χ3v) is 5.44. The maximum Gasteiger partial charge on any atom is 0.410 e. The average molecular weight is 466 g/mol. The summed E-state index contributed by atoms with van der Waals surface area (Å²) in [6, 6.07) is 14.7. The molecule has 2 amide bonds. The van der Waals surface area contributed by atoms with Gasteiger partial charge in [0.25, 0.3) is 0 Å². The van der Waals surface area contributed by atoms with E-state index in [0.717, 1.165) is 22.0 Å². The molecule has 8 nitrogen and oxygen atoms in total. The van der Waals surface area contributed by atoms with E-state index < -0.39 is 35.7 Å². The molecule has 0 radical (unpaired) electrons. The molecule has 2 aromatic carbocycles. The van der Waals surface area contributed by atoms with Crippen molar-refractivity contribution in [1.29, 1.82) is 0 Å². The SMILES string of the molecule is CN(C(=O)OC(C)(C)C)[C@@H](Cc1ccccc1)C(=O)N[C@@H](Cc1c[nH]c2ccccc12)C(=O)O. The Morgan fingerprint density at radius 1 is 1.03 bits per heavy atom. The number of carbonyl (C=O) groups is 3. The molecule has 0 bridgehead atoms. The van der Waals surface area contributed by atoms with Gasteiger partial charge in [-0.05, 0) is 38.0 Å². The first kappa shape index (κ1) is 24.8. The quantitative estimate of drug-likeness (QED) is 0.469. The number of fused-ring (bicyclic) bond motifs is 1. The number of aromatic amines is 1. The minimum atomic E-state index is -1.17. The zero-order valence-electron chi connectivity index (χ0n) is 19.9. The van der Waals surface area contributed by atoms with E-state index in [1.807, 2.05) is 54.6 Å². The van der Waals surface area contributed by atoms with Crippen LogP contribution in [0.15, 0.2) is 60.8 Å². The molecule has 34 heavy (non-hydrogen) atoms. The number of benzene rings is 2. The standard InChI is InChI=1S/C26H31N3O5/c1-26(2,3)34-25(33)29(4)22(14-17-10-6-5-7-11-17)23(30)28-21(24(31)32)15-18-16-27-20-13-9-8-12-19(18)20/h5-13,16,21-22,27H,14-15H2,1-4H3,(H,28,30)(H,31,32)/t21-,22-/m0/s1. The van der Waals surface area contributed by atoms with Gasteiger partial charge < -0.3 is 20.1 Å². The van der Waals surface area contributed by atoms with Crippen LogP contribution in [0, 0.1) is 0 Å². The Labute approximate surface area is 198 Å². The first-order valence-corrected chi connectivity index (χ1v) is 11.1.